The van der Waals surface area contributed by atoms with E-state index in [2.05, 4.69) is 11.8 Å². The van der Waals surface area contributed by atoms with Crippen molar-refractivity contribution in [3.8, 4) is 40.2 Å². The number of hydrogen-bond donors (Lipinski definition) is 0. The molecule has 0 bridgehead atoms. The smallest absolute Gasteiger partial charge is 0.276 e. The number of fused-ring (bicyclic) bond motifs is 1. The first-order chi connectivity index (χ1) is 15.0. The second kappa shape index (κ2) is 9.09. The minimum absolute atomic E-state index is 0.0408. The van der Waals surface area contributed by atoms with Crippen LogP contribution in [-0.4, -0.2) is 16.0 Å². The first-order valence-corrected chi connectivity index (χ1v) is 10.5. The number of benzene rings is 2. The maximum atomic E-state index is 14.9. The van der Waals surface area contributed by atoms with Crippen LogP contribution in [0, 0.1) is 17.7 Å². The van der Waals surface area contributed by atoms with Crippen LogP contribution in [0.3, 0.4) is 0 Å². The number of ether oxygens (including phenoxy) is 2. The van der Waals surface area contributed by atoms with Crippen LogP contribution in [0.1, 0.15) is 19.8 Å². The third kappa shape index (κ3) is 4.16. The van der Waals surface area contributed by atoms with E-state index < -0.39 is 5.82 Å². The molecule has 2 aromatic carbocycles. The Labute approximate surface area is 188 Å². The van der Waals surface area contributed by atoms with Crippen molar-refractivity contribution in [2.75, 3.05) is 6.61 Å². The Morgan fingerprint density at radius 2 is 1.77 bits per heavy atom. The van der Waals surface area contributed by atoms with Gasteiger partial charge in [0.1, 0.15) is 23.3 Å². The number of nitrogens with zero attached hydrogens (tertiary/aromatic N) is 2. The zero-order chi connectivity index (χ0) is 22.0. The molecule has 0 atom stereocenters. The van der Waals surface area contributed by atoms with E-state index in [-0.39, 0.29) is 39.2 Å². The lowest BCUT2D eigenvalue weighted by molar-refractivity contribution is 0.345. The van der Waals surface area contributed by atoms with Gasteiger partial charge in [0, 0.05) is 18.7 Å². The van der Waals surface area contributed by atoms with Crippen LogP contribution in [0.4, 0.5) is 4.39 Å². The molecule has 8 heteroatoms. The van der Waals surface area contributed by atoms with Crippen molar-refractivity contribution in [2.24, 2.45) is 0 Å². The lowest BCUT2D eigenvalue weighted by Gasteiger charge is -2.17. The van der Waals surface area contributed by atoms with Crippen LogP contribution in [0.25, 0.3) is 11.1 Å². The third-order valence-electron chi connectivity index (χ3n) is 5.00. The van der Waals surface area contributed by atoms with E-state index in [9.17, 15) is 9.18 Å². The summed E-state index contributed by atoms with van der Waals surface area (Å²) in [5.41, 5.74) is -0.192. The van der Waals surface area contributed by atoms with Gasteiger partial charge in [0.05, 0.1) is 10.6 Å². The monoisotopic (exact) mass is 460 g/mol. The van der Waals surface area contributed by atoms with E-state index in [4.69, 9.17) is 32.7 Å². The van der Waals surface area contributed by atoms with Gasteiger partial charge in [0.2, 0.25) is 0 Å². The van der Waals surface area contributed by atoms with Crippen molar-refractivity contribution >= 4 is 23.2 Å². The highest BCUT2D eigenvalue weighted by Gasteiger charge is 2.25. The maximum Gasteiger partial charge on any atom is 0.276 e. The molecule has 0 saturated heterocycles. The molecule has 0 unspecified atom stereocenters. The second-order valence-corrected chi connectivity index (χ2v) is 7.72. The largest absolute Gasteiger partial charge is 0.477 e. The summed E-state index contributed by atoms with van der Waals surface area (Å²) in [6.07, 6.45) is 1.78. The van der Waals surface area contributed by atoms with Crippen molar-refractivity contribution < 1.29 is 13.9 Å². The highest BCUT2D eigenvalue weighted by Crippen LogP contribution is 2.39. The van der Waals surface area contributed by atoms with Gasteiger partial charge in [0.15, 0.2) is 11.5 Å². The Kier molecular flexibility index (Phi) is 6.26. The summed E-state index contributed by atoms with van der Waals surface area (Å²) in [4.78, 5) is 12.9. The predicted molar refractivity (Wildman–Crippen MR) is 119 cm³/mol. The van der Waals surface area contributed by atoms with Gasteiger partial charge in [-0.25, -0.2) is 9.07 Å². The Hall–Kier alpha value is -2.88. The molecule has 1 aromatic heterocycles. The topological polar surface area (TPSA) is 45.4 Å². The Morgan fingerprint density at radius 1 is 1.06 bits per heavy atom. The van der Waals surface area contributed by atoms with Crippen LogP contribution in [0.5, 0.6) is 17.2 Å². The van der Waals surface area contributed by atoms with E-state index in [1.165, 1.54) is 6.07 Å². The molecule has 31 heavy (non-hydrogen) atoms. The Bertz CT molecular complexity index is 1250. The van der Waals surface area contributed by atoms with E-state index in [0.717, 1.165) is 18.9 Å². The third-order valence-corrected chi connectivity index (χ3v) is 5.68. The van der Waals surface area contributed by atoms with Crippen LogP contribution in [-0.2, 0) is 13.1 Å². The molecular weight excluding hydrogens is 442 g/mol. The molecule has 1 aliphatic rings. The number of halogens is 3. The van der Waals surface area contributed by atoms with Crippen LogP contribution in [0.15, 0.2) is 41.2 Å². The average Bonchev–Trinajstić information content (AvgIpc) is 3.02. The molecule has 1 aliphatic heterocycles. The molecule has 0 radical (unpaired) electrons. The zero-order valence-electron chi connectivity index (χ0n) is 16.8. The summed E-state index contributed by atoms with van der Waals surface area (Å²) in [5.74, 6) is 5.95. The number of hydrogen-bond acceptors (Lipinski definition) is 3. The molecule has 160 valence electrons. The SMILES string of the molecule is CC#CCOc1ccccc1Oc1cc(-c2c(Cl)n3n(c2=O)CCCC3)c(F)cc1Cl. The quantitative estimate of drug-likeness (QED) is 0.455. The van der Waals surface area contributed by atoms with Gasteiger partial charge in [-0.05, 0) is 44.0 Å². The molecule has 0 fully saturated rings. The molecule has 0 aliphatic carbocycles. The molecule has 0 spiro atoms. The van der Waals surface area contributed by atoms with Crippen molar-refractivity contribution in [3.63, 3.8) is 0 Å². The van der Waals surface area contributed by atoms with E-state index in [0.29, 0.717) is 24.6 Å². The van der Waals surface area contributed by atoms with Crippen molar-refractivity contribution in [1.82, 2.24) is 9.36 Å². The lowest BCUT2D eigenvalue weighted by Crippen LogP contribution is -2.27. The number of rotatable bonds is 5. The van der Waals surface area contributed by atoms with Crippen molar-refractivity contribution in [3.05, 3.63) is 62.7 Å². The molecular formula is C23H19Cl2FN2O3. The van der Waals surface area contributed by atoms with Gasteiger partial charge in [-0.1, -0.05) is 41.3 Å². The lowest BCUT2D eigenvalue weighted by atomic mass is 10.1. The minimum atomic E-state index is -0.650. The van der Waals surface area contributed by atoms with Crippen LogP contribution in [0.2, 0.25) is 10.2 Å². The number of para-hydroxylation sites is 2. The first-order valence-electron chi connectivity index (χ1n) is 9.79. The summed E-state index contributed by atoms with van der Waals surface area (Å²) in [6, 6.07) is 9.52. The van der Waals surface area contributed by atoms with Crippen molar-refractivity contribution in [1.29, 1.82) is 0 Å². The summed E-state index contributed by atoms with van der Waals surface area (Å²) in [5, 5.41) is 0.267. The van der Waals surface area contributed by atoms with Gasteiger partial charge in [-0.2, -0.15) is 0 Å². The summed E-state index contributed by atoms with van der Waals surface area (Å²) in [7, 11) is 0. The summed E-state index contributed by atoms with van der Waals surface area (Å²) >= 11 is 12.7. The van der Waals surface area contributed by atoms with E-state index in [1.54, 1.807) is 40.6 Å². The van der Waals surface area contributed by atoms with Gasteiger partial charge in [-0.15, -0.1) is 5.92 Å². The Morgan fingerprint density at radius 3 is 2.48 bits per heavy atom. The van der Waals surface area contributed by atoms with Crippen molar-refractivity contribution in [2.45, 2.75) is 32.9 Å². The van der Waals surface area contributed by atoms with Gasteiger partial charge >= 0.3 is 0 Å². The molecule has 0 saturated carbocycles. The molecule has 4 rings (SSSR count). The molecule has 2 heterocycles. The highest BCUT2D eigenvalue weighted by molar-refractivity contribution is 6.33. The predicted octanol–water partition coefficient (Wildman–Crippen LogP) is 5.75. The zero-order valence-corrected chi connectivity index (χ0v) is 18.3. The molecule has 0 N–H and O–H groups in total. The Balaban J connectivity index is 1.75. The summed E-state index contributed by atoms with van der Waals surface area (Å²) in [6.45, 7) is 3.07. The van der Waals surface area contributed by atoms with E-state index in [1.807, 2.05) is 0 Å². The molecule has 0 amide bonds. The standard InChI is InChI=1S/C23H19Cl2FN2O3/c1-2-3-12-30-18-8-4-5-9-19(18)31-20-13-15(17(26)14-16(20)24)21-22(25)27-10-6-7-11-28(27)23(21)29/h4-5,8-9,13-14H,6-7,10-12H2,1H3. The van der Waals surface area contributed by atoms with Gasteiger partial charge < -0.3 is 9.47 Å². The molecule has 3 aromatic rings. The van der Waals surface area contributed by atoms with Crippen LogP contribution >= 0.6 is 23.2 Å². The summed E-state index contributed by atoms with van der Waals surface area (Å²) < 4.78 is 29.7. The maximum absolute atomic E-state index is 14.9. The second-order valence-electron chi connectivity index (χ2n) is 6.95. The highest BCUT2D eigenvalue weighted by atomic mass is 35.5. The fourth-order valence-electron chi connectivity index (χ4n) is 3.51. The number of aromatic nitrogens is 2. The molecule has 5 nitrogen and oxygen atoms in total. The fraction of sp³-hybridized carbons (Fsp3) is 0.261. The van der Waals surface area contributed by atoms with Gasteiger partial charge in [0.25, 0.3) is 5.56 Å². The van der Waals surface area contributed by atoms with Crippen LogP contribution < -0.4 is 15.0 Å². The average molecular weight is 461 g/mol. The van der Waals surface area contributed by atoms with E-state index >= 15 is 0 Å². The fourth-order valence-corrected chi connectivity index (χ4v) is 4.06. The normalized spacial score (nSPS) is 12.6. The minimum Gasteiger partial charge on any atom is -0.477 e. The first kappa shape index (κ1) is 21.4. The van der Waals surface area contributed by atoms with Gasteiger partial charge in [-0.3, -0.25) is 9.48 Å².